The van der Waals surface area contributed by atoms with E-state index in [1.54, 1.807) is 6.08 Å². The summed E-state index contributed by atoms with van der Waals surface area (Å²) in [6.45, 7) is 9.56. The van der Waals surface area contributed by atoms with Crippen LogP contribution < -0.4 is 0 Å². The summed E-state index contributed by atoms with van der Waals surface area (Å²) in [5, 5.41) is 0. The Morgan fingerprint density at radius 3 is 2.58 bits per heavy atom. The van der Waals surface area contributed by atoms with Crippen LogP contribution in [0.15, 0.2) is 12.2 Å². The SMILES string of the molecule is CCCCC1(C(=O)OC(C)(C)C)C(=O)C=CCC1C. The van der Waals surface area contributed by atoms with Crippen LogP contribution in [0.25, 0.3) is 0 Å². The molecule has 0 radical (unpaired) electrons. The van der Waals surface area contributed by atoms with Gasteiger partial charge in [0.05, 0.1) is 0 Å². The second-order valence-corrected chi connectivity index (χ2v) is 6.48. The first-order valence-corrected chi connectivity index (χ1v) is 7.18. The molecule has 0 spiro atoms. The Morgan fingerprint density at radius 2 is 2.11 bits per heavy atom. The molecule has 0 aromatic carbocycles. The van der Waals surface area contributed by atoms with Crippen LogP contribution >= 0.6 is 0 Å². The highest BCUT2D eigenvalue weighted by Crippen LogP contribution is 2.42. The number of ketones is 1. The quantitative estimate of drug-likeness (QED) is 0.576. The summed E-state index contributed by atoms with van der Waals surface area (Å²) in [6, 6.07) is 0. The fourth-order valence-electron chi connectivity index (χ4n) is 2.57. The van der Waals surface area contributed by atoms with Gasteiger partial charge in [-0.15, -0.1) is 0 Å². The van der Waals surface area contributed by atoms with E-state index in [9.17, 15) is 9.59 Å². The smallest absolute Gasteiger partial charge is 0.320 e. The molecular weight excluding hydrogens is 240 g/mol. The van der Waals surface area contributed by atoms with E-state index in [0.29, 0.717) is 6.42 Å². The average Bonchev–Trinajstić information content (AvgIpc) is 2.26. The van der Waals surface area contributed by atoms with Gasteiger partial charge in [-0.05, 0) is 45.6 Å². The Labute approximate surface area is 116 Å². The lowest BCUT2D eigenvalue weighted by molar-refractivity contribution is -0.174. The molecule has 0 aromatic heterocycles. The zero-order chi connectivity index (χ0) is 14.7. The summed E-state index contributed by atoms with van der Waals surface area (Å²) < 4.78 is 5.52. The monoisotopic (exact) mass is 266 g/mol. The van der Waals surface area contributed by atoms with Crippen molar-refractivity contribution in [3.63, 3.8) is 0 Å². The van der Waals surface area contributed by atoms with E-state index in [-0.39, 0.29) is 17.7 Å². The van der Waals surface area contributed by atoms with E-state index in [4.69, 9.17) is 4.74 Å². The van der Waals surface area contributed by atoms with Crippen molar-refractivity contribution in [2.75, 3.05) is 0 Å². The molecule has 0 bridgehead atoms. The minimum Gasteiger partial charge on any atom is -0.459 e. The largest absolute Gasteiger partial charge is 0.459 e. The Balaban J connectivity index is 3.08. The normalized spacial score (nSPS) is 27.4. The summed E-state index contributed by atoms with van der Waals surface area (Å²) in [5.41, 5.74) is -1.53. The van der Waals surface area contributed by atoms with Crippen LogP contribution in [0, 0.1) is 11.3 Å². The first-order chi connectivity index (χ1) is 8.74. The molecule has 108 valence electrons. The molecule has 1 aliphatic rings. The van der Waals surface area contributed by atoms with Gasteiger partial charge in [0.2, 0.25) is 0 Å². The zero-order valence-electron chi connectivity index (χ0n) is 12.8. The lowest BCUT2D eigenvalue weighted by Gasteiger charge is -2.38. The molecule has 3 heteroatoms. The van der Waals surface area contributed by atoms with Gasteiger partial charge in [-0.1, -0.05) is 32.8 Å². The van der Waals surface area contributed by atoms with Crippen molar-refractivity contribution >= 4 is 11.8 Å². The predicted octanol–water partition coefficient (Wildman–Crippen LogP) is 3.67. The second-order valence-electron chi connectivity index (χ2n) is 6.48. The predicted molar refractivity (Wildman–Crippen MR) is 75.7 cm³/mol. The first-order valence-electron chi connectivity index (χ1n) is 7.18. The molecule has 0 aliphatic heterocycles. The Bertz CT molecular complexity index is 376. The van der Waals surface area contributed by atoms with Gasteiger partial charge in [0.15, 0.2) is 5.78 Å². The highest BCUT2D eigenvalue weighted by Gasteiger charge is 2.51. The highest BCUT2D eigenvalue weighted by atomic mass is 16.6. The maximum Gasteiger partial charge on any atom is 0.320 e. The molecule has 2 unspecified atom stereocenters. The lowest BCUT2D eigenvalue weighted by Crippen LogP contribution is -2.48. The van der Waals surface area contributed by atoms with Crippen molar-refractivity contribution in [1.29, 1.82) is 0 Å². The van der Waals surface area contributed by atoms with Gasteiger partial charge in [0.25, 0.3) is 0 Å². The van der Waals surface area contributed by atoms with E-state index in [1.807, 2.05) is 33.8 Å². The molecule has 19 heavy (non-hydrogen) atoms. The maximum atomic E-state index is 12.6. The number of rotatable bonds is 4. The minimum absolute atomic E-state index is 0.00593. The number of carbonyl (C=O) groups excluding carboxylic acids is 2. The van der Waals surface area contributed by atoms with E-state index in [1.165, 1.54) is 0 Å². The zero-order valence-corrected chi connectivity index (χ0v) is 12.8. The molecular formula is C16H26O3. The van der Waals surface area contributed by atoms with Gasteiger partial charge in [0.1, 0.15) is 11.0 Å². The number of hydrogen-bond donors (Lipinski definition) is 0. The van der Waals surface area contributed by atoms with Gasteiger partial charge >= 0.3 is 5.97 Å². The van der Waals surface area contributed by atoms with Crippen LogP contribution in [0.1, 0.15) is 60.3 Å². The van der Waals surface area contributed by atoms with Crippen molar-refractivity contribution in [2.45, 2.75) is 65.9 Å². The maximum absolute atomic E-state index is 12.6. The number of allylic oxidation sites excluding steroid dienone is 2. The summed E-state index contributed by atoms with van der Waals surface area (Å²) in [4.78, 5) is 25.0. The molecule has 0 heterocycles. The Hall–Kier alpha value is -1.12. The summed E-state index contributed by atoms with van der Waals surface area (Å²) in [6.07, 6.45) is 6.59. The summed E-state index contributed by atoms with van der Waals surface area (Å²) >= 11 is 0. The number of unbranched alkanes of at least 4 members (excludes halogenated alkanes) is 1. The number of carbonyl (C=O) groups is 2. The van der Waals surface area contributed by atoms with Gasteiger partial charge in [0, 0.05) is 0 Å². The topological polar surface area (TPSA) is 43.4 Å². The van der Waals surface area contributed by atoms with Crippen molar-refractivity contribution < 1.29 is 14.3 Å². The van der Waals surface area contributed by atoms with Crippen LogP contribution in [0.5, 0.6) is 0 Å². The molecule has 0 saturated heterocycles. The number of ether oxygens (including phenoxy) is 1. The van der Waals surface area contributed by atoms with Crippen molar-refractivity contribution in [3.8, 4) is 0 Å². The molecule has 3 nitrogen and oxygen atoms in total. The van der Waals surface area contributed by atoms with Crippen LogP contribution in [-0.2, 0) is 14.3 Å². The molecule has 2 atom stereocenters. The molecule has 0 aromatic rings. The van der Waals surface area contributed by atoms with Gasteiger partial charge < -0.3 is 4.74 Å². The van der Waals surface area contributed by atoms with Crippen LogP contribution in [-0.4, -0.2) is 17.4 Å². The third-order valence-electron chi connectivity index (χ3n) is 3.73. The molecule has 0 saturated carbocycles. The molecule has 0 fully saturated rings. The van der Waals surface area contributed by atoms with Gasteiger partial charge in [-0.2, -0.15) is 0 Å². The van der Waals surface area contributed by atoms with Gasteiger partial charge in [-0.3, -0.25) is 9.59 Å². The molecule has 0 amide bonds. The van der Waals surface area contributed by atoms with E-state index in [0.717, 1.165) is 19.3 Å². The van der Waals surface area contributed by atoms with Crippen molar-refractivity contribution in [2.24, 2.45) is 11.3 Å². The number of hydrogen-bond acceptors (Lipinski definition) is 3. The molecule has 0 N–H and O–H groups in total. The molecule has 1 rings (SSSR count). The van der Waals surface area contributed by atoms with E-state index < -0.39 is 11.0 Å². The fraction of sp³-hybridized carbons (Fsp3) is 0.750. The minimum atomic E-state index is -0.974. The van der Waals surface area contributed by atoms with Crippen molar-refractivity contribution in [1.82, 2.24) is 0 Å². The first kappa shape index (κ1) is 15.9. The third kappa shape index (κ3) is 3.46. The van der Waals surface area contributed by atoms with E-state index >= 15 is 0 Å². The van der Waals surface area contributed by atoms with Crippen LogP contribution in [0.3, 0.4) is 0 Å². The fourth-order valence-corrected chi connectivity index (χ4v) is 2.57. The Kier molecular flexibility index (Phi) is 4.94. The van der Waals surface area contributed by atoms with Gasteiger partial charge in [-0.25, -0.2) is 0 Å². The standard InChI is InChI=1S/C16H26O3/c1-6-7-11-16(14(18)19-15(3,4)5)12(2)9-8-10-13(16)17/h8,10,12H,6-7,9,11H2,1-5H3. The van der Waals surface area contributed by atoms with Crippen LogP contribution in [0.4, 0.5) is 0 Å². The summed E-state index contributed by atoms with van der Waals surface area (Å²) in [7, 11) is 0. The van der Waals surface area contributed by atoms with Crippen molar-refractivity contribution in [3.05, 3.63) is 12.2 Å². The third-order valence-corrected chi connectivity index (χ3v) is 3.73. The van der Waals surface area contributed by atoms with Crippen LogP contribution in [0.2, 0.25) is 0 Å². The molecule has 1 aliphatic carbocycles. The highest BCUT2D eigenvalue weighted by molar-refractivity contribution is 6.10. The van der Waals surface area contributed by atoms with E-state index in [2.05, 4.69) is 6.92 Å². The second kappa shape index (κ2) is 5.89. The number of esters is 1. The average molecular weight is 266 g/mol. The summed E-state index contributed by atoms with van der Waals surface area (Å²) in [5.74, 6) is -0.435. The Morgan fingerprint density at radius 1 is 1.47 bits per heavy atom. The lowest BCUT2D eigenvalue weighted by atomic mass is 9.66.